The SMILES string of the molecule is CCCCCC[S+]1CCCC1.[I-]. The molecule has 0 N–H and O–H groups in total. The third kappa shape index (κ3) is 5.68. The number of halogens is 1. The lowest BCUT2D eigenvalue weighted by Gasteiger charge is -1.99. The van der Waals surface area contributed by atoms with E-state index in [1.165, 1.54) is 38.5 Å². The van der Waals surface area contributed by atoms with E-state index in [9.17, 15) is 0 Å². The van der Waals surface area contributed by atoms with E-state index in [1.807, 2.05) is 0 Å². The topological polar surface area (TPSA) is 0 Å². The van der Waals surface area contributed by atoms with Gasteiger partial charge in [-0.2, -0.15) is 0 Å². The van der Waals surface area contributed by atoms with Crippen LogP contribution in [0.25, 0.3) is 0 Å². The zero-order valence-electron chi connectivity index (χ0n) is 8.15. The van der Waals surface area contributed by atoms with Gasteiger partial charge in [-0.05, 0) is 36.6 Å². The molecule has 0 radical (unpaired) electrons. The summed E-state index contributed by atoms with van der Waals surface area (Å²) in [4.78, 5) is 0. The van der Waals surface area contributed by atoms with Crippen LogP contribution in [0.4, 0.5) is 0 Å². The van der Waals surface area contributed by atoms with E-state index in [2.05, 4.69) is 6.92 Å². The first-order valence-corrected chi connectivity index (χ1v) is 6.81. The van der Waals surface area contributed by atoms with Gasteiger partial charge in [0.05, 0.1) is 0 Å². The number of hydrogen-bond acceptors (Lipinski definition) is 0. The van der Waals surface area contributed by atoms with Gasteiger partial charge in [-0.1, -0.05) is 19.8 Å². The lowest BCUT2D eigenvalue weighted by molar-refractivity contribution is -0.00000244. The van der Waals surface area contributed by atoms with Crippen molar-refractivity contribution in [1.82, 2.24) is 0 Å². The molecule has 0 nitrogen and oxygen atoms in total. The standard InChI is InChI=1S/C10H21S.HI/c1-2-3-4-5-8-11-9-6-7-10-11;/h2-10H2,1H3;1H/q+1;/p-1. The van der Waals surface area contributed by atoms with Crippen LogP contribution in [-0.4, -0.2) is 17.3 Å². The molecule has 0 spiro atoms. The highest BCUT2D eigenvalue weighted by Crippen LogP contribution is 2.15. The van der Waals surface area contributed by atoms with E-state index >= 15 is 0 Å². The quantitative estimate of drug-likeness (QED) is 0.380. The Kier molecular flexibility index (Phi) is 9.45. The number of hydrogen-bond donors (Lipinski definition) is 0. The lowest BCUT2D eigenvalue weighted by atomic mass is 10.2. The monoisotopic (exact) mass is 300 g/mol. The van der Waals surface area contributed by atoms with Gasteiger partial charge in [0, 0.05) is 0 Å². The highest BCUT2D eigenvalue weighted by Gasteiger charge is 2.22. The average Bonchev–Trinajstić information content (AvgIpc) is 2.50. The Hall–Kier alpha value is 1.08. The fourth-order valence-corrected chi connectivity index (χ4v) is 4.10. The molecular weight excluding hydrogens is 279 g/mol. The first-order chi connectivity index (χ1) is 5.43. The minimum Gasteiger partial charge on any atom is -1.00 e. The van der Waals surface area contributed by atoms with E-state index in [1.54, 1.807) is 17.3 Å². The molecule has 0 atom stereocenters. The van der Waals surface area contributed by atoms with Crippen LogP contribution < -0.4 is 24.0 Å². The van der Waals surface area contributed by atoms with Crippen molar-refractivity contribution in [2.24, 2.45) is 0 Å². The molecule has 0 unspecified atom stereocenters. The zero-order chi connectivity index (χ0) is 7.94. The second-order valence-corrected chi connectivity index (χ2v) is 5.94. The molecule has 1 saturated heterocycles. The molecule has 1 rings (SSSR count). The molecule has 1 fully saturated rings. The molecule has 0 bridgehead atoms. The van der Waals surface area contributed by atoms with Gasteiger partial charge in [0.15, 0.2) is 0 Å². The van der Waals surface area contributed by atoms with Crippen molar-refractivity contribution in [3.63, 3.8) is 0 Å². The predicted molar refractivity (Wildman–Crippen MR) is 55.3 cm³/mol. The summed E-state index contributed by atoms with van der Waals surface area (Å²) in [5.41, 5.74) is 0. The predicted octanol–water partition coefficient (Wildman–Crippen LogP) is -0.0172. The first kappa shape index (κ1) is 13.1. The number of unbranched alkanes of at least 4 members (excludes halogenated alkanes) is 3. The van der Waals surface area contributed by atoms with Crippen molar-refractivity contribution < 1.29 is 24.0 Å². The second kappa shape index (κ2) is 8.67. The normalized spacial score (nSPS) is 17.8. The molecule has 1 heterocycles. The lowest BCUT2D eigenvalue weighted by Crippen LogP contribution is -3.00. The van der Waals surface area contributed by atoms with E-state index in [0.29, 0.717) is 0 Å². The maximum absolute atomic E-state index is 2.29. The van der Waals surface area contributed by atoms with Crippen LogP contribution in [0.15, 0.2) is 0 Å². The van der Waals surface area contributed by atoms with Gasteiger partial charge in [0.25, 0.3) is 0 Å². The molecule has 1 aliphatic heterocycles. The molecule has 0 amide bonds. The summed E-state index contributed by atoms with van der Waals surface area (Å²) >= 11 is 0. The van der Waals surface area contributed by atoms with Crippen molar-refractivity contribution in [3.05, 3.63) is 0 Å². The van der Waals surface area contributed by atoms with Crippen LogP contribution in [0.1, 0.15) is 45.4 Å². The van der Waals surface area contributed by atoms with E-state index in [-0.39, 0.29) is 24.0 Å². The smallest absolute Gasteiger partial charge is 0.108 e. The summed E-state index contributed by atoms with van der Waals surface area (Å²) in [6.45, 7) is 2.29. The molecule has 0 saturated carbocycles. The maximum Gasteiger partial charge on any atom is 0.108 e. The van der Waals surface area contributed by atoms with Crippen LogP contribution in [0, 0.1) is 0 Å². The molecule has 0 aromatic heterocycles. The minimum atomic E-state index is 0. The van der Waals surface area contributed by atoms with Gasteiger partial charge in [-0.25, -0.2) is 0 Å². The summed E-state index contributed by atoms with van der Waals surface area (Å²) in [6, 6.07) is 0. The van der Waals surface area contributed by atoms with E-state index in [0.717, 1.165) is 10.9 Å². The van der Waals surface area contributed by atoms with Crippen molar-refractivity contribution in [2.45, 2.75) is 45.4 Å². The van der Waals surface area contributed by atoms with Crippen molar-refractivity contribution in [1.29, 1.82) is 0 Å². The molecule has 12 heavy (non-hydrogen) atoms. The summed E-state index contributed by atoms with van der Waals surface area (Å²) < 4.78 is 0. The highest BCUT2D eigenvalue weighted by atomic mass is 127. The van der Waals surface area contributed by atoms with Gasteiger partial charge < -0.3 is 24.0 Å². The molecule has 1 aliphatic rings. The van der Waals surface area contributed by atoms with Crippen LogP contribution in [0.2, 0.25) is 0 Å². The van der Waals surface area contributed by atoms with Gasteiger partial charge in [0.1, 0.15) is 17.3 Å². The van der Waals surface area contributed by atoms with Crippen molar-refractivity contribution in [2.75, 3.05) is 17.3 Å². The molecule has 2 heteroatoms. The Balaban J connectivity index is 0.00000121. The first-order valence-electron chi connectivity index (χ1n) is 5.07. The van der Waals surface area contributed by atoms with Gasteiger partial charge in [-0.15, -0.1) is 0 Å². The van der Waals surface area contributed by atoms with Crippen molar-refractivity contribution >= 4 is 10.9 Å². The van der Waals surface area contributed by atoms with Gasteiger partial charge in [-0.3, -0.25) is 0 Å². The fraction of sp³-hybridized carbons (Fsp3) is 1.00. The van der Waals surface area contributed by atoms with E-state index < -0.39 is 0 Å². The van der Waals surface area contributed by atoms with E-state index in [4.69, 9.17) is 0 Å². The summed E-state index contributed by atoms with van der Waals surface area (Å²) in [5, 5.41) is 0. The summed E-state index contributed by atoms with van der Waals surface area (Å²) in [6.07, 6.45) is 8.88. The Bertz CT molecular complexity index is 89.8. The highest BCUT2D eigenvalue weighted by molar-refractivity contribution is 7.97. The van der Waals surface area contributed by atoms with Crippen LogP contribution in [0.5, 0.6) is 0 Å². The summed E-state index contributed by atoms with van der Waals surface area (Å²) in [7, 11) is 0.869. The van der Waals surface area contributed by atoms with Gasteiger partial charge >= 0.3 is 0 Å². The molecule has 0 aromatic rings. The maximum atomic E-state index is 2.29. The fourth-order valence-electron chi connectivity index (χ4n) is 1.65. The van der Waals surface area contributed by atoms with Crippen LogP contribution in [0.3, 0.4) is 0 Å². The number of rotatable bonds is 5. The van der Waals surface area contributed by atoms with Gasteiger partial charge in [0.2, 0.25) is 0 Å². The molecule has 0 aromatic carbocycles. The average molecular weight is 300 g/mol. The van der Waals surface area contributed by atoms with Crippen molar-refractivity contribution in [3.8, 4) is 0 Å². The summed E-state index contributed by atoms with van der Waals surface area (Å²) in [5.74, 6) is 4.68. The van der Waals surface area contributed by atoms with Crippen LogP contribution in [-0.2, 0) is 10.9 Å². The molecule has 74 valence electrons. The third-order valence-corrected chi connectivity index (χ3v) is 5.00. The Labute approximate surface area is 97.3 Å². The Morgan fingerprint density at radius 3 is 2.25 bits per heavy atom. The minimum absolute atomic E-state index is 0. The third-order valence-electron chi connectivity index (χ3n) is 2.40. The Morgan fingerprint density at radius 2 is 1.67 bits per heavy atom. The van der Waals surface area contributed by atoms with Crippen LogP contribution >= 0.6 is 0 Å². The largest absolute Gasteiger partial charge is 1.00 e. The second-order valence-electron chi connectivity index (χ2n) is 3.49. The molecule has 0 aliphatic carbocycles. The zero-order valence-corrected chi connectivity index (χ0v) is 11.1. The Morgan fingerprint density at radius 1 is 1.00 bits per heavy atom. The molecular formula is C10H21IS.